The van der Waals surface area contributed by atoms with E-state index in [2.05, 4.69) is 15.2 Å². The number of aromatic hydroxyl groups is 1. The zero-order chi connectivity index (χ0) is 11.1. The fraction of sp³-hybridized carbons (Fsp3) is 0. The minimum absolute atomic E-state index is 0.224. The molecule has 0 atom stereocenters. The number of anilines is 1. The number of nitrogens with zero attached hydrogens (tertiary/aromatic N) is 1. The van der Waals surface area contributed by atoms with Crippen molar-refractivity contribution in [3.8, 4) is 17.0 Å². The molecule has 0 spiro atoms. The average molecular weight is 214 g/mol. The van der Waals surface area contributed by atoms with Gasteiger partial charge in [0.15, 0.2) is 0 Å². The van der Waals surface area contributed by atoms with Gasteiger partial charge < -0.3 is 15.8 Å². The van der Waals surface area contributed by atoms with Crippen molar-refractivity contribution in [1.29, 1.82) is 0 Å². The summed E-state index contributed by atoms with van der Waals surface area (Å²) >= 11 is 0. The van der Waals surface area contributed by atoms with Gasteiger partial charge in [-0.2, -0.15) is 5.10 Å². The molecule has 2 aromatic heterocycles. The predicted molar refractivity (Wildman–Crippen MR) is 62.0 cm³/mol. The highest BCUT2D eigenvalue weighted by Gasteiger charge is 2.10. The predicted octanol–water partition coefficient (Wildman–Crippen LogP) is 1.85. The minimum Gasteiger partial charge on any atom is -0.507 e. The van der Waals surface area contributed by atoms with Gasteiger partial charge >= 0.3 is 0 Å². The lowest BCUT2D eigenvalue weighted by Gasteiger charge is -2.02. The molecule has 5 nitrogen and oxygen atoms in total. The molecule has 0 saturated carbocycles. The molecule has 0 amide bonds. The van der Waals surface area contributed by atoms with Crippen LogP contribution in [0.1, 0.15) is 0 Å². The summed E-state index contributed by atoms with van der Waals surface area (Å²) in [5.41, 5.74) is 7.82. The molecular formula is C11H10N4O. The number of H-pyrrole nitrogens is 2. The number of nitrogens with one attached hydrogen (secondary N) is 2. The Labute approximate surface area is 90.9 Å². The first-order valence-electron chi connectivity index (χ1n) is 4.86. The van der Waals surface area contributed by atoms with Gasteiger partial charge in [0.2, 0.25) is 0 Å². The average Bonchev–Trinajstić information content (AvgIpc) is 2.87. The molecule has 0 radical (unpaired) electrons. The Balaban J connectivity index is 2.27. The maximum atomic E-state index is 10.1. The molecule has 0 unspecified atom stereocenters. The third-order valence-electron chi connectivity index (χ3n) is 2.59. The SMILES string of the molecule is Nc1cc(-c2ccc3[nH]ccc3c2O)[nH]n1. The highest BCUT2D eigenvalue weighted by atomic mass is 16.3. The summed E-state index contributed by atoms with van der Waals surface area (Å²) in [4.78, 5) is 3.03. The van der Waals surface area contributed by atoms with Gasteiger partial charge in [0.25, 0.3) is 0 Å². The molecule has 5 heteroatoms. The number of hydrogen-bond donors (Lipinski definition) is 4. The second-order valence-corrected chi connectivity index (χ2v) is 3.61. The standard InChI is InChI=1S/C11H10N4O/c12-10-5-9(14-15-10)6-1-2-8-7(11(6)16)3-4-13-8/h1-5,13,16H,(H3,12,14,15). The number of benzene rings is 1. The van der Waals surface area contributed by atoms with Crippen LogP contribution in [0.2, 0.25) is 0 Å². The lowest BCUT2D eigenvalue weighted by molar-refractivity contribution is 0.483. The molecule has 3 aromatic rings. The third-order valence-corrected chi connectivity index (χ3v) is 2.59. The van der Waals surface area contributed by atoms with Crippen LogP contribution in [0, 0.1) is 0 Å². The van der Waals surface area contributed by atoms with Gasteiger partial charge in [-0.05, 0) is 18.2 Å². The van der Waals surface area contributed by atoms with E-state index in [4.69, 9.17) is 5.73 Å². The number of rotatable bonds is 1. The minimum atomic E-state index is 0.224. The van der Waals surface area contributed by atoms with Crippen LogP contribution in [0.5, 0.6) is 5.75 Å². The number of aromatic amines is 2. The molecule has 80 valence electrons. The third kappa shape index (κ3) is 1.15. The van der Waals surface area contributed by atoms with E-state index in [1.807, 2.05) is 18.2 Å². The van der Waals surface area contributed by atoms with Crippen LogP contribution in [0.25, 0.3) is 22.2 Å². The van der Waals surface area contributed by atoms with E-state index >= 15 is 0 Å². The highest BCUT2D eigenvalue weighted by Crippen LogP contribution is 2.34. The molecule has 0 fully saturated rings. The molecule has 1 aromatic carbocycles. The second kappa shape index (κ2) is 3.03. The Kier molecular flexibility index (Phi) is 1.67. The molecule has 3 rings (SSSR count). The van der Waals surface area contributed by atoms with Crippen molar-refractivity contribution in [2.45, 2.75) is 0 Å². The van der Waals surface area contributed by atoms with Crippen molar-refractivity contribution in [2.75, 3.05) is 5.73 Å². The molecular weight excluding hydrogens is 204 g/mol. The van der Waals surface area contributed by atoms with E-state index < -0.39 is 0 Å². The Bertz CT molecular complexity index is 653. The number of phenolic OH excluding ortho intramolecular Hbond substituents is 1. The quantitative estimate of drug-likeness (QED) is 0.498. The lowest BCUT2D eigenvalue weighted by atomic mass is 10.1. The monoisotopic (exact) mass is 214 g/mol. The van der Waals surface area contributed by atoms with E-state index in [0.717, 1.165) is 10.9 Å². The molecule has 5 N–H and O–H groups in total. The molecule has 2 heterocycles. The van der Waals surface area contributed by atoms with Crippen LogP contribution in [-0.4, -0.2) is 20.3 Å². The number of fused-ring (bicyclic) bond motifs is 1. The van der Waals surface area contributed by atoms with E-state index in [0.29, 0.717) is 17.1 Å². The largest absolute Gasteiger partial charge is 0.507 e. The van der Waals surface area contributed by atoms with Crippen molar-refractivity contribution in [3.05, 3.63) is 30.5 Å². The smallest absolute Gasteiger partial charge is 0.145 e. The van der Waals surface area contributed by atoms with E-state index in [-0.39, 0.29) is 5.75 Å². The van der Waals surface area contributed by atoms with Crippen LogP contribution in [0.15, 0.2) is 30.5 Å². The molecule has 0 aliphatic rings. The summed E-state index contributed by atoms with van der Waals surface area (Å²) in [6, 6.07) is 7.24. The Morgan fingerprint density at radius 1 is 1.25 bits per heavy atom. The maximum absolute atomic E-state index is 10.1. The van der Waals surface area contributed by atoms with Crippen molar-refractivity contribution >= 4 is 16.7 Å². The fourth-order valence-corrected chi connectivity index (χ4v) is 1.81. The van der Waals surface area contributed by atoms with Gasteiger partial charge in [-0.3, -0.25) is 5.10 Å². The summed E-state index contributed by atoms with van der Waals surface area (Å²) in [5.74, 6) is 0.631. The molecule has 0 saturated heterocycles. The maximum Gasteiger partial charge on any atom is 0.145 e. The van der Waals surface area contributed by atoms with Crippen molar-refractivity contribution in [2.24, 2.45) is 0 Å². The zero-order valence-electron chi connectivity index (χ0n) is 8.36. The van der Waals surface area contributed by atoms with Gasteiger partial charge in [0, 0.05) is 28.7 Å². The number of hydrogen-bond acceptors (Lipinski definition) is 3. The fourth-order valence-electron chi connectivity index (χ4n) is 1.81. The molecule has 16 heavy (non-hydrogen) atoms. The Morgan fingerprint density at radius 2 is 2.12 bits per heavy atom. The Hall–Kier alpha value is -2.43. The van der Waals surface area contributed by atoms with Gasteiger partial charge in [-0.1, -0.05) is 0 Å². The normalized spacial score (nSPS) is 11.0. The molecule has 0 aliphatic carbocycles. The van der Waals surface area contributed by atoms with Crippen LogP contribution < -0.4 is 5.73 Å². The summed E-state index contributed by atoms with van der Waals surface area (Å²) in [5, 5.41) is 17.5. The number of aromatic nitrogens is 3. The second-order valence-electron chi connectivity index (χ2n) is 3.61. The summed E-state index contributed by atoms with van der Waals surface area (Å²) < 4.78 is 0. The van der Waals surface area contributed by atoms with E-state index in [1.54, 1.807) is 12.3 Å². The van der Waals surface area contributed by atoms with Crippen molar-refractivity contribution in [3.63, 3.8) is 0 Å². The van der Waals surface area contributed by atoms with Crippen LogP contribution >= 0.6 is 0 Å². The summed E-state index contributed by atoms with van der Waals surface area (Å²) in [6.45, 7) is 0. The van der Waals surface area contributed by atoms with Crippen molar-refractivity contribution < 1.29 is 5.11 Å². The van der Waals surface area contributed by atoms with Crippen LogP contribution in [0.4, 0.5) is 5.82 Å². The molecule has 0 aliphatic heterocycles. The van der Waals surface area contributed by atoms with Gasteiger partial charge in [-0.15, -0.1) is 0 Å². The van der Waals surface area contributed by atoms with Gasteiger partial charge in [-0.25, -0.2) is 0 Å². The van der Waals surface area contributed by atoms with E-state index in [1.165, 1.54) is 0 Å². The highest BCUT2D eigenvalue weighted by molar-refractivity contribution is 5.92. The topological polar surface area (TPSA) is 90.7 Å². The van der Waals surface area contributed by atoms with Crippen LogP contribution in [0.3, 0.4) is 0 Å². The number of nitrogen functional groups attached to an aromatic ring is 1. The van der Waals surface area contributed by atoms with E-state index in [9.17, 15) is 5.11 Å². The lowest BCUT2D eigenvalue weighted by Crippen LogP contribution is -1.81. The van der Waals surface area contributed by atoms with Crippen LogP contribution in [-0.2, 0) is 0 Å². The first kappa shape index (κ1) is 8.84. The Morgan fingerprint density at radius 3 is 2.88 bits per heavy atom. The summed E-state index contributed by atoms with van der Waals surface area (Å²) in [7, 11) is 0. The summed E-state index contributed by atoms with van der Waals surface area (Å²) in [6.07, 6.45) is 1.79. The molecule has 0 bridgehead atoms. The van der Waals surface area contributed by atoms with Gasteiger partial charge in [0.1, 0.15) is 11.6 Å². The van der Waals surface area contributed by atoms with Crippen molar-refractivity contribution in [1.82, 2.24) is 15.2 Å². The van der Waals surface area contributed by atoms with Gasteiger partial charge in [0.05, 0.1) is 5.69 Å². The number of nitrogens with two attached hydrogens (primary N) is 1. The first-order chi connectivity index (χ1) is 7.75. The first-order valence-corrected chi connectivity index (χ1v) is 4.86. The number of phenols is 1. The zero-order valence-corrected chi connectivity index (χ0v) is 8.36.